The predicted octanol–water partition coefficient (Wildman–Crippen LogP) is 1.44. The van der Waals surface area contributed by atoms with Crippen molar-refractivity contribution in [3.63, 3.8) is 0 Å². The largest absolute Gasteiger partial charge is 0.481 e. The number of hydrogen-bond donors (Lipinski definition) is 1. The Hall–Kier alpha value is -1.14. The van der Waals surface area contributed by atoms with Crippen LogP contribution in [0.15, 0.2) is 5.38 Å². The molecule has 104 valence electrons. The van der Waals surface area contributed by atoms with Crippen molar-refractivity contribution in [2.24, 2.45) is 0 Å². The number of carboxylic acid groups (broad SMARTS) is 1. The molecule has 1 aromatic rings. The Morgan fingerprint density at radius 2 is 2.26 bits per heavy atom. The van der Waals surface area contributed by atoms with Gasteiger partial charge in [-0.15, -0.1) is 11.3 Å². The SMILES string of the molecule is O=C(O)Cc1csc(N2CCCN3CCCC3C2)n1. The number of thiazole rings is 1. The summed E-state index contributed by atoms with van der Waals surface area (Å²) in [6.07, 6.45) is 3.79. The first kappa shape index (κ1) is 12.9. The fourth-order valence-electron chi connectivity index (χ4n) is 3.06. The molecule has 2 aliphatic rings. The van der Waals surface area contributed by atoms with Crippen molar-refractivity contribution < 1.29 is 9.90 Å². The van der Waals surface area contributed by atoms with Crippen LogP contribution in [-0.4, -0.2) is 53.2 Å². The molecule has 2 aliphatic heterocycles. The Balaban J connectivity index is 1.70. The molecule has 2 fully saturated rings. The average Bonchev–Trinajstić information content (AvgIpc) is 2.94. The van der Waals surface area contributed by atoms with Gasteiger partial charge in [0.2, 0.25) is 0 Å². The first-order valence-corrected chi connectivity index (χ1v) is 7.75. The standard InChI is InChI=1S/C13H19N3O2S/c17-12(18)7-10-9-19-13(14-10)16-6-2-5-15-4-1-3-11(15)8-16/h9,11H,1-8H2,(H,17,18). The molecular formula is C13H19N3O2S. The lowest BCUT2D eigenvalue weighted by molar-refractivity contribution is -0.136. The summed E-state index contributed by atoms with van der Waals surface area (Å²) in [5.41, 5.74) is 0.681. The molecule has 1 aromatic heterocycles. The minimum absolute atomic E-state index is 0.0277. The van der Waals surface area contributed by atoms with Gasteiger partial charge in [0.25, 0.3) is 0 Å². The maximum atomic E-state index is 10.7. The highest BCUT2D eigenvalue weighted by atomic mass is 32.1. The van der Waals surface area contributed by atoms with E-state index >= 15 is 0 Å². The number of carboxylic acids is 1. The van der Waals surface area contributed by atoms with Gasteiger partial charge in [0, 0.05) is 31.1 Å². The Labute approximate surface area is 116 Å². The van der Waals surface area contributed by atoms with Crippen LogP contribution in [0.4, 0.5) is 5.13 Å². The van der Waals surface area contributed by atoms with E-state index in [1.165, 1.54) is 32.4 Å². The van der Waals surface area contributed by atoms with Gasteiger partial charge in [0.15, 0.2) is 5.13 Å². The normalized spacial score (nSPS) is 24.2. The van der Waals surface area contributed by atoms with Gasteiger partial charge in [-0.2, -0.15) is 0 Å². The zero-order valence-corrected chi connectivity index (χ0v) is 11.7. The van der Waals surface area contributed by atoms with Crippen LogP contribution in [0.2, 0.25) is 0 Å². The summed E-state index contributed by atoms with van der Waals surface area (Å²) < 4.78 is 0. The number of hydrogen-bond acceptors (Lipinski definition) is 5. The summed E-state index contributed by atoms with van der Waals surface area (Å²) >= 11 is 1.57. The fraction of sp³-hybridized carbons (Fsp3) is 0.692. The lowest BCUT2D eigenvalue weighted by atomic mass is 10.2. The van der Waals surface area contributed by atoms with E-state index < -0.39 is 5.97 Å². The molecule has 1 unspecified atom stereocenters. The Kier molecular flexibility index (Phi) is 3.70. The van der Waals surface area contributed by atoms with Crippen LogP contribution in [0.3, 0.4) is 0 Å². The second kappa shape index (κ2) is 5.46. The van der Waals surface area contributed by atoms with Crippen molar-refractivity contribution in [1.82, 2.24) is 9.88 Å². The molecule has 0 aromatic carbocycles. The van der Waals surface area contributed by atoms with Gasteiger partial charge in [-0.3, -0.25) is 9.69 Å². The molecule has 0 spiro atoms. The van der Waals surface area contributed by atoms with Gasteiger partial charge in [-0.25, -0.2) is 4.98 Å². The first-order valence-electron chi connectivity index (χ1n) is 6.87. The van der Waals surface area contributed by atoms with Gasteiger partial charge in [0.1, 0.15) is 0 Å². The van der Waals surface area contributed by atoms with Crippen molar-refractivity contribution in [3.05, 3.63) is 11.1 Å². The number of aromatic nitrogens is 1. The smallest absolute Gasteiger partial charge is 0.309 e. The van der Waals surface area contributed by atoms with Crippen molar-refractivity contribution in [2.75, 3.05) is 31.1 Å². The maximum Gasteiger partial charge on any atom is 0.309 e. The molecule has 3 rings (SSSR count). The molecule has 6 heteroatoms. The summed E-state index contributed by atoms with van der Waals surface area (Å²) in [4.78, 5) is 20.1. The van der Waals surface area contributed by atoms with Crippen molar-refractivity contribution in [2.45, 2.75) is 31.7 Å². The van der Waals surface area contributed by atoms with Crippen LogP contribution in [0.5, 0.6) is 0 Å². The molecule has 0 amide bonds. The number of fused-ring (bicyclic) bond motifs is 1. The Morgan fingerprint density at radius 1 is 1.42 bits per heavy atom. The molecule has 1 N–H and O–H groups in total. The minimum Gasteiger partial charge on any atom is -0.481 e. The molecule has 3 heterocycles. The number of anilines is 1. The highest BCUT2D eigenvalue weighted by Crippen LogP contribution is 2.27. The van der Waals surface area contributed by atoms with Gasteiger partial charge in [-0.05, 0) is 25.8 Å². The number of rotatable bonds is 3. The van der Waals surface area contributed by atoms with Crippen LogP contribution < -0.4 is 4.90 Å². The van der Waals surface area contributed by atoms with Gasteiger partial charge >= 0.3 is 5.97 Å². The first-order chi connectivity index (χ1) is 9.22. The lowest BCUT2D eigenvalue weighted by Crippen LogP contribution is -2.36. The van der Waals surface area contributed by atoms with Crippen LogP contribution in [-0.2, 0) is 11.2 Å². The zero-order valence-electron chi connectivity index (χ0n) is 10.9. The highest BCUT2D eigenvalue weighted by Gasteiger charge is 2.29. The third kappa shape index (κ3) is 2.90. The number of aliphatic carboxylic acids is 1. The Morgan fingerprint density at radius 3 is 3.11 bits per heavy atom. The molecule has 0 radical (unpaired) electrons. The van der Waals surface area contributed by atoms with Crippen LogP contribution in [0, 0.1) is 0 Å². The van der Waals surface area contributed by atoms with Crippen LogP contribution in [0.25, 0.3) is 0 Å². The molecule has 2 saturated heterocycles. The monoisotopic (exact) mass is 281 g/mol. The van der Waals surface area contributed by atoms with Crippen molar-refractivity contribution in [3.8, 4) is 0 Å². The van der Waals surface area contributed by atoms with E-state index in [1.54, 1.807) is 11.3 Å². The molecule has 0 aliphatic carbocycles. The fourth-order valence-corrected chi connectivity index (χ4v) is 3.92. The second-order valence-electron chi connectivity index (χ2n) is 5.32. The maximum absolute atomic E-state index is 10.7. The number of carbonyl (C=O) groups is 1. The summed E-state index contributed by atoms with van der Waals surface area (Å²) in [6.45, 7) is 4.50. The van der Waals surface area contributed by atoms with Crippen LogP contribution in [0.1, 0.15) is 25.0 Å². The van der Waals surface area contributed by atoms with Crippen LogP contribution >= 0.6 is 11.3 Å². The zero-order chi connectivity index (χ0) is 13.2. The number of nitrogens with zero attached hydrogens (tertiary/aromatic N) is 3. The van der Waals surface area contributed by atoms with Gasteiger partial charge in [-0.1, -0.05) is 0 Å². The topological polar surface area (TPSA) is 56.7 Å². The van der Waals surface area contributed by atoms with Crippen molar-refractivity contribution >= 4 is 22.4 Å². The quantitative estimate of drug-likeness (QED) is 0.908. The summed E-state index contributed by atoms with van der Waals surface area (Å²) in [5.74, 6) is -0.810. The second-order valence-corrected chi connectivity index (χ2v) is 6.16. The third-order valence-electron chi connectivity index (χ3n) is 3.95. The Bertz CT molecular complexity index is 462. The highest BCUT2D eigenvalue weighted by molar-refractivity contribution is 7.13. The van der Waals surface area contributed by atoms with Crippen molar-refractivity contribution in [1.29, 1.82) is 0 Å². The molecule has 0 bridgehead atoms. The average molecular weight is 281 g/mol. The summed E-state index contributed by atoms with van der Waals surface area (Å²) in [6, 6.07) is 0.661. The summed E-state index contributed by atoms with van der Waals surface area (Å²) in [7, 11) is 0. The lowest BCUT2D eigenvalue weighted by Gasteiger charge is -2.25. The molecule has 1 atom stereocenters. The molecular weight excluding hydrogens is 262 g/mol. The van der Waals surface area contributed by atoms with E-state index in [0.717, 1.165) is 18.2 Å². The minimum atomic E-state index is -0.810. The van der Waals surface area contributed by atoms with E-state index in [-0.39, 0.29) is 6.42 Å². The molecule has 5 nitrogen and oxygen atoms in total. The van der Waals surface area contributed by atoms with E-state index in [2.05, 4.69) is 14.8 Å². The van der Waals surface area contributed by atoms with Gasteiger partial charge in [0.05, 0.1) is 12.1 Å². The summed E-state index contributed by atoms with van der Waals surface area (Å²) in [5, 5.41) is 11.7. The third-order valence-corrected chi connectivity index (χ3v) is 4.90. The van der Waals surface area contributed by atoms with E-state index in [0.29, 0.717) is 11.7 Å². The van der Waals surface area contributed by atoms with E-state index in [1.807, 2.05) is 5.38 Å². The molecule has 0 saturated carbocycles. The van der Waals surface area contributed by atoms with Gasteiger partial charge < -0.3 is 10.0 Å². The predicted molar refractivity (Wildman–Crippen MR) is 74.9 cm³/mol. The van der Waals surface area contributed by atoms with E-state index in [4.69, 9.17) is 5.11 Å². The molecule has 19 heavy (non-hydrogen) atoms. The van der Waals surface area contributed by atoms with E-state index in [9.17, 15) is 4.79 Å².